The van der Waals surface area contributed by atoms with Crippen LogP contribution in [0.25, 0.3) is 10.9 Å². The lowest BCUT2D eigenvalue weighted by Crippen LogP contribution is -2.30. The van der Waals surface area contributed by atoms with Crippen molar-refractivity contribution >= 4 is 10.9 Å². The van der Waals surface area contributed by atoms with Crippen LogP contribution in [0.1, 0.15) is 37.3 Å². The topological polar surface area (TPSA) is 50.9 Å². The van der Waals surface area contributed by atoms with Crippen molar-refractivity contribution in [2.75, 3.05) is 0 Å². The van der Waals surface area contributed by atoms with E-state index < -0.39 is 0 Å². The minimum absolute atomic E-state index is 0.0948. The molecule has 3 heteroatoms. The molecule has 1 unspecified atom stereocenters. The fourth-order valence-corrected chi connectivity index (χ4v) is 2.79. The largest absolute Gasteiger partial charge is 0.271 e. The highest BCUT2D eigenvalue weighted by molar-refractivity contribution is 5.78. The van der Waals surface area contributed by atoms with Gasteiger partial charge in [0.25, 0.3) is 0 Å². The standard InChI is InChI=1S/C16H19N3/c17-19-16(12-6-2-1-3-7-12)14-10-13-8-4-5-9-15(13)18-11-14/h4-6,8-11,16,19H,1-3,7,17H2. The first-order chi connectivity index (χ1) is 9.38. The maximum atomic E-state index is 5.76. The zero-order chi connectivity index (χ0) is 13.1. The maximum absolute atomic E-state index is 5.76. The Morgan fingerprint density at radius 2 is 2.11 bits per heavy atom. The van der Waals surface area contributed by atoms with E-state index >= 15 is 0 Å². The quantitative estimate of drug-likeness (QED) is 0.501. The third-order valence-electron chi connectivity index (χ3n) is 3.81. The molecule has 3 nitrogen and oxygen atoms in total. The van der Waals surface area contributed by atoms with Crippen LogP contribution in [-0.4, -0.2) is 4.98 Å². The summed E-state index contributed by atoms with van der Waals surface area (Å²) in [6.07, 6.45) is 9.09. The minimum Gasteiger partial charge on any atom is -0.271 e. The second-order valence-corrected chi connectivity index (χ2v) is 5.09. The summed E-state index contributed by atoms with van der Waals surface area (Å²) in [4.78, 5) is 4.52. The van der Waals surface area contributed by atoms with Gasteiger partial charge < -0.3 is 0 Å². The summed E-state index contributed by atoms with van der Waals surface area (Å²) in [6.45, 7) is 0. The first-order valence-electron chi connectivity index (χ1n) is 6.88. The third-order valence-corrected chi connectivity index (χ3v) is 3.81. The molecule has 1 heterocycles. The van der Waals surface area contributed by atoms with E-state index in [0.29, 0.717) is 0 Å². The summed E-state index contributed by atoms with van der Waals surface area (Å²) in [7, 11) is 0. The van der Waals surface area contributed by atoms with Crippen LogP contribution < -0.4 is 11.3 Å². The van der Waals surface area contributed by atoms with Gasteiger partial charge in [-0.15, -0.1) is 0 Å². The predicted octanol–water partition coefficient (Wildman–Crippen LogP) is 3.24. The average molecular weight is 253 g/mol. The molecule has 0 saturated carbocycles. The summed E-state index contributed by atoms with van der Waals surface area (Å²) in [6, 6.07) is 10.5. The van der Waals surface area contributed by atoms with Crippen molar-refractivity contribution in [1.29, 1.82) is 0 Å². The van der Waals surface area contributed by atoms with Gasteiger partial charge >= 0.3 is 0 Å². The number of fused-ring (bicyclic) bond motifs is 1. The molecule has 0 radical (unpaired) electrons. The Morgan fingerprint density at radius 3 is 2.89 bits per heavy atom. The monoisotopic (exact) mass is 253 g/mol. The van der Waals surface area contributed by atoms with Gasteiger partial charge in [-0.05, 0) is 43.4 Å². The van der Waals surface area contributed by atoms with Crippen LogP contribution in [0, 0.1) is 0 Å². The Bertz CT molecular complexity index is 604. The van der Waals surface area contributed by atoms with Gasteiger partial charge in [-0.25, -0.2) is 5.43 Å². The first-order valence-corrected chi connectivity index (χ1v) is 6.88. The number of para-hydroxylation sites is 1. The highest BCUT2D eigenvalue weighted by Gasteiger charge is 2.17. The van der Waals surface area contributed by atoms with Crippen molar-refractivity contribution in [2.45, 2.75) is 31.7 Å². The van der Waals surface area contributed by atoms with Crippen molar-refractivity contribution in [3.63, 3.8) is 0 Å². The second-order valence-electron chi connectivity index (χ2n) is 5.09. The molecule has 2 aromatic rings. The molecule has 0 spiro atoms. The summed E-state index contributed by atoms with van der Waals surface area (Å²) < 4.78 is 0. The molecule has 0 bridgehead atoms. The number of allylic oxidation sites excluding steroid dienone is 1. The molecule has 1 aromatic carbocycles. The molecule has 3 N–H and O–H groups in total. The highest BCUT2D eigenvalue weighted by Crippen LogP contribution is 2.30. The lowest BCUT2D eigenvalue weighted by Gasteiger charge is -2.23. The van der Waals surface area contributed by atoms with E-state index in [-0.39, 0.29) is 6.04 Å². The molecule has 1 aliphatic carbocycles. The van der Waals surface area contributed by atoms with Gasteiger partial charge in [0.1, 0.15) is 0 Å². The number of aromatic nitrogens is 1. The summed E-state index contributed by atoms with van der Waals surface area (Å²) in [5, 5.41) is 1.16. The molecule has 1 aliphatic rings. The van der Waals surface area contributed by atoms with E-state index in [0.717, 1.165) is 29.3 Å². The molecular weight excluding hydrogens is 234 g/mol. The van der Waals surface area contributed by atoms with Gasteiger partial charge in [0.2, 0.25) is 0 Å². The molecule has 0 amide bonds. The van der Waals surface area contributed by atoms with Gasteiger partial charge in [-0.3, -0.25) is 10.8 Å². The Labute approximate surface area is 113 Å². The number of hydrazine groups is 1. The van der Waals surface area contributed by atoms with Crippen LogP contribution in [0.5, 0.6) is 0 Å². The number of hydrogen-bond acceptors (Lipinski definition) is 3. The fourth-order valence-electron chi connectivity index (χ4n) is 2.79. The van der Waals surface area contributed by atoms with Gasteiger partial charge in [-0.2, -0.15) is 0 Å². The van der Waals surface area contributed by atoms with Crippen molar-refractivity contribution in [3.05, 3.63) is 53.7 Å². The van der Waals surface area contributed by atoms with Crippen molar-refractivity contribution in [1.82, 2.24) is 10.4 Å². The van der Waals surface area contributed by atoms with Gasteiger partial charge in [0.05, 0.1) is 11.6 Å². The van der Waals surface area contributed by atoms with E-state index in [9.17, 15) is 0 Å². The molecular formula is C16H19N3. The molecule has 0 fully saturated rings. The number of nitrogens with one attached hydrogen (secondary N) is 1. The van der Waals surface area contributed by atoms with Crippen molar-refractivity contribution in [3.8, 4) is 0 Å². The summed E-state index contributed by atoms with van der Waals surface area (Å²) in [5.41, 5.74) is 6.51. The van der Waals surface area contributed by atoms with Crippen LogP contribution in [0.3, 0.4) is 0 Å². The molecule has 19 heavy (non-hydrogen) atoms. The summed E-state index contributed by atoms with van der Waals surface area (Å²) in [5.74, 6) is 5.76. The number of nitrogens with zero attached hydrogens (tertiary/aromatic N) is 1. The van der Waals surface area contributed by atoms with Crippen LogP contribution in [0.2, 0.25) is 0 Å². The smallest absolute Gasteiger partial charge is 0.0702 e. The maximum Gasteiger partial charge on any atom is 0.0702 e. The second kappa shape index (κ2) is 5.51. The van der Waals surface area contributed by atoms with E-state index in [1.165, 1.54) is 18.4 Å². The predicted molar refractivity (Wildman–Crippen MR) is 78.4 cm³/mol. The van der Waals surface area contributed by atoms with Gasteiger partial charge in [0.15, 0.2) is 0 Å². The summed E-state index contributed by atoms with van der Waals surface area (Å²) >= 11 is 0. The normalized spacial score (nSPS) is 17.2. The van der Waals surface area contributed by atoms with Crippen molar-refractivity contribution < 1.29 is 0 Å². The van der Waals surface area contributed by atoms with Crippen LogP contribution in [-0.2, 0) is 0 Å². The minimum atomic E-state index is 0.0948. The fraction of sp³-hybridized carbons (Fsp3) is 0.312. The lowest BCUT2D eigenvalue weighted by atomic mass is 9.90. The van der Waals surface area contributed by atoms with Gasteiger partial charge in [0, 0.05) is 11.6 Å². The number of hydrogen-bond donors (Lipinski definition) is 2. The molecule has 98 valence electrons. The highest BCUT2D eigenvalue weighted by atomic mass is 15.2. The van der Waals surface area contributed by atoms with Crippen molar-refractivity contribution in [2.24, 2.45) is 5.84 Å². The van der Waals surface area contributed by atoms with Crippen LogP contribution in [0.15, 0.2) is 48.2 Å². The third kappa shape index (κ3) is 2.53. The molecule has 0 aliphatic heterocycles. The van der Waals surface area contributed by atoms with E-state index in [2.05, 4.69) is 28.6 Å². The van der Waals surface area contributed by atoms with E-state index in [1.54, 1.807) is 0 Å². The zero-order valence-corrected chi connectivity index (χ0v) is 11.0. The number of nitrogens with two attached hydrogens (primary N) is 1. The van der Waals surface area contributed by atoms with E-state index in [1.807, 2.05) is 24.4 Å². The van der Waals surface area contributed by atoms with Crippen LogP contribution in [0.4, 0.5) is 0 Å². The molecule has 3 rings (SSSR count). The molecule has 1 aromatic heterocycles. The SMILES string of the molecule is NNC(C1=CCCCC1)c1cnc2ccccc2c1. The lowest BCUT2D eigenvalue weighted by molar-refractivity contribution is 0.565. The van der Waals surface area contributed by atoms with Crippen LogP contribution >= 0.6 is 0 Å². The Hall–Kier alpha value is -1.71. The Balaban J connectivity index is 1.98. The molecule has 0 saturated heterocycles. The number of pyridine rings is 1. The zero-order valence-electron chi connectivity index (χ0n) is 11.0. The number of benzene rings is 1. The van der Waals surface area contributed by atoms with Gasteiger partial charge in [-0.1, -0.05) is 29.8 Å². The molecule has 1 atom stereocenters. The first kappa shape index (κ1) is 12.3. The Morgan fingerprint density at radius 1 is 1.21 bits per heavy atom. The number of rotatable bonds is 3. The van der Waals surface area contributed by atoms with E-state index in [4.69, 9.17) is 5.84 Å². The average Bonchev–Trinajstić information content (AvgIpc) is 2.49. The Kier molecular flexibility index (Phi) is 3.58.